The van der Waals surface area contributed by atoms with E-state index in [1.807, 2.05) is 0 Å². The normalized spacial score (nSPS) is 44.3. The van der Waals surface area contributed by atoms with Crippen LogP contribution >= 0.6 is 0 Å². The second-order valence-electron chi connectivity index (χ2n) is 13.9. The maximum atomic E-state index is 12.7. The molecule has 0 radical (unpaired) electrons. The first kappa shape index (κ1) is 25.4. The lowest BCUT2D eigenvalue weighted by Gasteiger charge is -2.61. The molecule has 196 valence electrons. The van der Waals surface area contributed by atoms with E-state index in [1.54, 1.807) is 0 Å². The first-order chi connectivity index (χ1) is 16.8. The topological polar surface area (TPSA) is 77.9 Å². The lowest BCUT2D eigenvalue weighted by molar-refractivity contribution is -0.123. The number of amides is 1. The van der Waals surface area contributed by atoms with Crippen LogP contribution in [0.2, 0.25) is 0 Å². The summed E-state index contributed by atoms with van der Waals surface area (Å²) in [5.41, 5.74) is 9.86. The summed E-state index contributed by atoms with van der Waals surface area (Å²) in [6, 6.07) is 0.670. The van der Waals surface area contributed by atoms with Gasteiger partial charge in [-0.25, -0.2) is 0 Å². The van der Waals surface area contributed by atoms with E-state index in [-0.39, 0.29) is 6.04 Å². The summed E-state index contributed by atoms with van der Waals surface area (Å²) in [7, 11) is 0. The number of azide groups is 1. The minimum Gasteiger partial charge on any atom is -0.353 e. The predicted molar refractivity (Wildman–Crippen MR) is 142 cm³/mol. The first-order valence-electron chi connectivity index (χ1n) is 15.2. The van der Waals surface area contributed by atoms with E-state index in [9.17, 15) is 4.79 Å². The van der Waals surface area contributed by atoms with Crippen LogP contribution in [-0.2, 0) is 4.79 Å². The molecule has 5 aliphatic rings. The maximum absolute atomic E-state index is 12.7. The van der Waals surface area contributed by atoms with Gasteiger partial charge in [0.2, 0.25) is 5.91 Å². The molecule has 5 saturated carbocycles. The van der Waals surface area contributed by atoms with Crippen molar-refractivity contribution in [2.45, 2.75) is 136 Å². The van der Waals surface area contributed by atoms with Gasteiger partial charge in [0, 0.05) is 23.4 Å². The molecule has 0 spiro atoms. The molecule has 0 aliphatic heterocycles. The molecular weight excluding hydrogens is 432 g/mol. The summed E-state index contributed by atoms with van der Waals surface area (Å²) in [4.78, 5) is 15.8. The van der Waals surface area contributed by atoms with Gasteiger partial charge in [-0.1, -0.05) is 45.1 Å². The van der Waals surface area contributed by atoms with Crippen LogP contribution in [0.1, 0.15) is 124 Å². The van der Waals surface area contributed by atoms with Gasteiger partial charge in [-0.2, -0.15) is 0 Å². The summed E-state index contributed by atoms with van der Waals surface area (Å²) in [6.45, 7) is 7.69. The number of carbonyl (C=O) groups is 1. The molecule has 0 heterocycles. The van der Waals surface area contributed by atoms with Gasteiger partial charge in [-0.3, -0.25) is 4.79 Å². The number of rotatable bonds is 6. The van der Waals surface area contributed by atoms with Gasteiger partial charge in [0.1, 0.15) is 0 Å². The van der Waals surface area contributed by atoms with Crippen LogP contribution in [-0.4, -0.2) is 18.0 Å². The predicted octanol–water partition coefficient (Wildman–Crippen LogP) is 8.19. The Morgan fingerprint density at radius 3 is 2.49 bits per heavy atom. The van der Waals surface area contributed by atoms with Crippen LogP contribution in [0, 0.1) is 46.3 Å². The average Bonchev–Trinajstić information content (AvgIpc) is 3.21. The van der Waals surface area contributed by atoms with Gasteiger partial charge in [-0.15, -0.1) is 0 Å². The molecule has 0 aromatic carbocycles. The van der Waals surface area contributed by atoms with Crippen molar-refractivity contribution in [2.75, 3.05) is 0 Å². The second-order valence-corrected chi connectivity index (χ2v) is 13.9. The molecule has 0 bridgehead atoms. The lowest BCUT2D eigenvalue weighted by atomic mass is 9.44. The van der Waals surface area contributed by atoms with Crippen molar-refractivity contribution in [3.05, 3.63) is 10.4 Å². The Kier molecular flexibility index (Phi) is 7.46. The zero-order valence-electron chi connectivity index (χ0n) is 22.7. The highest BCUT2D eigenvalue weighted by Gasteiger charge is 2.60. The fourth-order valence-electron chi connectivity index (χ4n) is 10.5. The standard InChI is InChI=1S/C30H50N4O/c1-20(9-14-28(35)32-22-7-5-4-6-8-22)25-12-13-26-24-11-10-21-19-23(33-34-31)15-17-29(21,2)27(24)16-18-30(25,26)3/h20-27H,4-19H2,1-3H3,(H,32,35)/t20-,21-,23+,24+,25-,26+,27+,29+,30-/m1/s1. The Balaban J connectivity index is 1.19. The number of hydrogen-bond acceptors (Lipinski definition) is 2. The van der Waals surface area contributed by atoms with E-state index in [4.69, 9.17) is 5.53 Å². The summed E-state index contributed by atoms with van der Waals surface area (Å²) >= 11 is 0. The number of nitrogens with one attached hydrogen (secondary N) is 1. The average molecular weight is 483 g/mol. The number of nitrogens with zero attached hydrogens (tertiary/aromatic N) is 3. The van der Waals surface area contributed by atoms with Crippen LogP contribution in [0.3, 0.4) is 0 Å². The van der Waals surface area contributed by atoms with Gasteiger partial charge in [0.15, 0.2) is 0 Å². The fraction of sp³-hybridized carbons (Fsp3) is 0.967. The third kappa shape index (κ3) is 4.76. The molecule has 0 aromatic heterocycles. The molecule has 5 nitrogen and oxygen atoms in total. The van der Waals surface area contributed by atoms with E-state index < -0.39 is 0 Å². The summed E-state index contributed by atoms with van der Waals surface area (Å²) in [6.07, 6.45) is 19.7. The van der Waals surface area contributed by atoms with Crippen molar-refractivity contribution in [3.63, 3.8) is 0 Å². The number of fused-ring (bicyclic) bond motifs is 5. The van der Waals surface area contributed by atoms with Crippen LogP contribution in [0.4, 0.5) is 0 Å². The zero-order valence-corrected chi connectivity index (χ0v) is 22.7. The Morgan fingerprint density at radius 2 is 1.71 bits per heavy atom. The molecule has 9 atom stereocenters. The van der Waals surface area contributed by atoms with Crippen LogP contribution in [0.15, 0.2) is 5.11 Å². The summed E-state index contributed by atoms with van der Waals surface area (Å²) in [5.74, 6) is 5.09. The van der Waals surface area contributed by atoms with Crippen molar-refractivity contribution in [2.24, 2.45) is 51.5 Å². The minimum atomic E-state index is 0.232. The van der Waals surface area contributed by atoms with E-state index >= 15 is 0 Å². The van der Waals surface area contributed by atoms with Gasteiger partial charge < -0.3 is 5.32 Å². The quantitative estimate of drug-likeness (QED) is 0.231. The van der Waals surface area contributed by atoms with E-state index in [0.29, 0.717) is 35.1 Å². The molecule has 1 amide bonds. The van der Waals surface area contributed by atoms with Gasteiger partial charge in [0.05, 0.1) is 0 Å². The van der Waals surface area contributed by atoms with Crippen molar-refractivity contribution in [1.82, 2.24) is 5.32 Å². The Labute approximate surface area is 213 Å². The van der Waals surface area contributed by atoms with Crippen molar-refractivity contribution >= 4 is 5.91 Å². The molecule has 35 heavy (non-hydrogen) atoms. The van der Waals surface area contributed by atoms with E-state index in [2.05, 4.69) is 36.1 Å². The maximum Gasteiger partial charge on any atom is 0.220 e. The molecule has 1 N–H and O–H groups in total. The largest absolute Gasteiger partial charge is 0.353 e. The molecule has 5 heteroatoms. The van der Waals surface area contributed by atoms with Gasteiger partial charge in [-0.05, 0) is 129 Å². The third-order valence-corrected chi connectivity index (χ3v) is 12.4. The second kappa shape index (κ2) is 10.3. The van der Waals surface area contributed by atoms with Crippen LogP contribution in [0.5, 0.6) is 0 Å². The van der Waals surface area contributed by atoms with Gasteiger partial charge >= 0.3 is 0 Å². The smallest absolute Gasteiger partial charge is 0.220 e. The highest BCUT2D eigenvalue weighted by atomic mass is 16.1. The minimum absolute atomic E-state index is 0.232. The molecule has 5 aliphatic carbocycles. The van der Waals surface area contributed by atoms with E-state index in [1.165, 1.54) is 77.0 Å². The molecular formula is C30H50N4O. The monoisotopic (exact) mass is 482 g/mol. The molecule has 0 saturated heterocycles. The lowest BCUT2D eigenvalue weighted by Crippen LogP contribution is -2.54. The zero-order chi connectivity index (χ0) is 24.6. The number of carbonyl (C=O) groups excluding carboxylic acids is 1. The Bertz CT molecular complexity index is 817. The highest BCUT2D eigenvalue weighted by molar-refractivity contribution is 5.76. The molecule has 0 unspecified atom stereocenters. The third-order valence-electron chi connectivity index (χ3n) is 12.4. The SMILES string of the molecule is C[C@H](CCC(=O)NC1CCCCC1)[C@H]1CC[C@H]2[C@@H]3CC[C@@H]4C[C@@H](N=[N+]=[N-])CC[C@]4(C)[C@H]3CC[C@]12C. The first-order valence-corrected chi connectivity index (χ1v) is 15.2. The van der Waals surface area contributed by atoms with Crippen molar-refractivity contribution < 1.29 is 4.79 Å². The molecule has 0 aromatic rings. The van der Waals surface area contributed by atoms with Crippen molar-refractivity contribution in [3.8, 4) is 0 Å². The highest BCUT2D eigenvalue weighted by Crippen LogP contribution is 2.68. The molecule has 5 fully saturated rings. The van der Waals surface area contributed by atoms with E-state index in [0.717, 1.165) is 48.9 Å². The number of hydrogen-bond donors (Lipinski definition) is 1. The van der Waals surface area contributed by atoms with Crippen LogP contribution in [0.25, 0.3) is 10.4 Å². The Hall–Kier alpha value is -1.22. The fourth-order valence-corrected chi connectivity index (χ4v) is 10.5. The van der Waals surface area contributed by atoms with Gasteiger partial charge in [0.25, 0.3) is 0 Å². The summed E-state index contributed by atoms with van der Waals surface area (Å²) in [5, 5.41) is 7.46. The summed E-state index contributed by atoms with van der Waals surface area (Å²) < 4.78 is 0. The Morgan fingerprint density at radius 1 is 0.971 bits per heavy atom. The molecule has 5 rings (SSSR count). The van der Waals surface area contributed by atoms with Crippen molar-refractivity contribution in [1.29, 1.82) is 0 Å². The van der Waals surface area contributed by atoms with Crippen LogP contribution < -0.4 is 5.32 Å².